The van der Waals surface area contributed by atoms with Gasteiger partial charge in [-0.1, -0.05) is 0 Å². The third-order valence-corrected chi connectivity index (χ3v) is 4.00. The van der Waals surface area contributed by atoms with Gasteiger partial charge in [0.1, 0.15) is 6.10 Å². The molecule has 0 aliphatic carbocycles. The molecule has 1 saturated heterocycles. The number of rotatable bonds is 5. The van der Waals surface area contributed by atoms with Gasteiger partial charge in [0.05, 0.1) is 11.8 Å². The lowest BCUT2D eigenvalue weighted by Crippen LogP contribution is -2.36. The molecule has 0 saturated carbocycles. The molecule has 1 aliphatic heterocycles. The summed E-state index contributed by atoms with van der Waals surface area (Å²) < 4.78 is 7.45. The monoisotopic (exact) mass is 280 g/mol. The van der Waals surface area contributed by atoms with Crippen LogP contribution < -0.4 is 11.1 Å². The number of nitrogens with two attached hydrogens (primary N) is 1. The van der Waals surface area contributed by atoms with E-state index >= 15 is 0 Å². The molecule has 0 spiro atoms. The lowest BCUT2D eigenvalue weighted by molar-refractivity contribution is -0.131. The molecule has 1 aromatic rings. The summed E-state index contributed by atoms with van der Waals surface area (Å²) in [5, 5.41) is 7.31. The van der Waals surface area contributed by atoms with E-state index < -0.39 is 0 Å². The van der Waals surface area contributed by atoms with E-state index in [1.807, 2.05) is 25.6 Å². The highest BCUT2D eigenvalue weighted by Gasteiger charge is 2.29. The van der Waals surface area contributed by atoms with Crippen LogP contribution in [-0.2, 0) is 23.0 Å². The summed E-state index contributed by atoms with van der Waals surface area (Å²) in [6, 6.07) is 0. The van der Waals surface area contributed by atoms with Crippen LogP contribution in [0.25, 0.3) is 0 Å². The van der Waals surface area contributed by atoms with Crippen molar-refractivity contribution in [3.8, 4) is 0 Å². The maximum absolute atomic E-state index is 12.0. The second-order valence-corrected chi connectivity index (χ2v) is 5.37. The average Bonchev–Trinajstić information content (AvgIpc) is 2.99. The van der Waals surface area contributed by atoms with Gasteiger partial charge in [-0.15, -0.1) is 0 Å². The fraction of sp³-hybridized carbons (Fsp3) is 0.714. The van der Waals surface area contributed by atoms with Crippen molar-refractivity contribution in [3.05, 3.63) is 17.0 Å². The number of carbonyl (C=O) groups is 1. The highest BCUT2D eigenvalue weighted by Crippen LogP contribution is 2.19. The molecular formula is C14H24N4O2. The maximum atomic E-state index is 12.0. The van der Waals surface area contributed by atoms with Gasteiger partial charge in [-0.3, -0.25) is 9.48 Å². The van der Waals surface area contributed by atoms with E-state index in [9.17, 15) is 4.79 Å². The Morgan fingerprint density at radius 2 is 2.25 bits per heavy atom. The van der Waals surface area contributed by atoms with E-state index in [2.05, 4.69) is 10.4 Å². The zero-order valence-corrected chi connectivity index (χ0v) is 12.5. The van der Waals surface area contributed by atoms with Crippen molar-refractivity contribution in [2.75, 3.05) is 13.1 Å². The van der Waals surface area contributed by atoms with Gasteiger partial charge in [0, 0.05) is 25.8 Å². The molecule has 0 aromatic carbocycles. The van der Waals surface area contributed by atoms with Crippen molar-refractivity contribution in [1.29, 1.82) is 0 Å². The molecule has 1 fully saturated rings. The lowest BCUT2D eigenvalue weighted by atomic mass is 10.1. The van der Waals surface area contributed by atoms with Crippen LogP contribution in [0.1, 0.15) is 29.8 Å². The van der Waals surface area contributed by atoms with Crippen molar-refractivity contribution < 1.29 is 9.53 Å². The Morgan fingerprint density at radius 3 is 2.80 bits per heavy atom. The van der Waals surface area contributed by atoms with Crippen LogP contribution in [-0.4, -0.2) is 41.0 Å². The minimum atomic E-state index is -0.334. The molecule has 2 rings (SSSR count). The van der Waals surface area contributed by atoms with Gasteiger partial charge in [-0.25, -0.2) is 0 Å². The number of hydrogen-bond donors (Lipinski definition) is 2. The number of ether oxygens (including phenoxy) is 1. The highest BCUT2D eigenvalue weighted by molar-refractivity contribution is 5.81. The number of carbonyl (C=O) groups excluding carboxylic acids is 1. The zero-order chi connectivity index (χ0) is 14.7. The molecule has 20 heavy (non-hydrogen) atoms. The Hall–Kier alpha value is -1.40. The summed E-state index contributed by atoms with van der Waals surface area (Å²) in [4.78, 5) is 12.0. The summed E-state index contributed by atoms with van der Waals surface area (Å²) in [6.45, 7) is 5.14. The molecule has 3 N–H and O–H groups in total. The number of nitrogens with zero attached hydrogens (tertiary/aromatic N) is 2. The molecule has 1 aliphatic rings. The van der Waals surface area contributed by atoms with Gasteiger partial charge in [0.2, 0.25) is 5.91 Å². The quantitative estimate of drug-likeness (QED) is 0.807. The largest absolute Gasteiger partial charge is 0.364 e. The van der Waals surface area contributed by atoms with E-state index in [4.69, 9.17) is 10.5 Å². The van der Waals surface area contributed by atoms with Gasteiger partial charge in [0.25, 0.3) is 0 Å². The molecule has 6 nitrogen and oxygen atoms in total. The summed E-state index contributed by atoms with van der Waals surface area (Å²) in [7, 11) is 1.93. The molecule has 1 amide bonds. The minimum Gasteiger partial charge on any atom is -0.364 e. The summed E-state index contributed by atoms with van der Waals surface area (Å²) in [6.07, 6.45) is 2.13. The predicted molar refractivity (Wildman–Crippen MR) is 76.3 cm³/mol. The Labute approximate surface area is 119 Å². The molecule has 112 valence electrons. The van der Waals surface area contributed by atoms with Crippen LogP contribution in [0.4, 0.5) is 0 Å². The van der Waals surface area contributed by atoms with Crippen LogP contribution in [0.15, 0.2) is 0 Å². The maximum Gasteiger partial charge on any atom is 0.249 e. The number of nitrogens with one attached hydrogen (secondary N) is 1. The van der Waals surface area contributed by atoms with E-state index in [0.29, 0.717) is 13.1 Å². The molecule has 0 radical (unpaired) electrons. The third-order valence-electron chi connectivity index (χ3n) is 4.00. The van der Waals surface area contributed by atoms with Crippen molar-refractivity contribution in [2.45, 2.75) is 45.3 Å². The van der Waals surface area contributed by atoms with Crippen LogP contribution in [0.3, 0.4) is 0 Å². The number of hydrogen-bond acceptors (Lipinski definition) is 4. The van der Waals surface area contributed by atoms with Crippen molar-refractivity contribution in [2.24, 2.45) is 12.8 Å². The SMILES string of the molecule is Cc1nn(C)c(C)c1CCNC(=O)[C@@H]1CC[C@H](CN)O1. The van der Waals surface area contributed by atoms with Crippen LogP contribution in [0, 0.1) is 13.8 Å². The Morgan fingerprint density at radius 1 is 1.50 bits per heavy atom. The first-order valence-corrected chi connectivity index (χ1v) is 7.15. The first kappa shape index (κ1) is 15.0. The molecule has 2 heterocycles. The molecule has 0 unspecified atom stereocenters. The molecule has 1 aromatic heterocycles. The Kier molecular flexibility index (Phi) is 4.77. The molecule has 2 atom stereocenters. The lowest BCUT2D eigenvalue weighted by Gasteiger charge is -2.12. The van der Waals surface area contributed by atoms with Gasteiger partial charge < -0.3 is 15.8 Å². The number of aryl methyl sites for hydroxylation is 2. The minimum absolute atomic E-state index is 0.0276. The van der Waals surface area contributed by atoms with Crippen LogP contribution >= 0.6 is 0 Å². The second kappa shape index (κ2) is 6.37. The number of amides is 1. The highest BCUT2D eigenvalue weighted by atomic mass is 16.5. The van der Waals surface area contributed by atoms with E-state index in [1.165, 1.54) is 5.56 Å². The zero-order valence-electron chi connectivity index (χ0n) is 12.5. The normalized spacial score (nSPS) is 22.2. The predicted octanol–water partition coefficient (Wildman–Crippen LogP) is 0.202. The summed E-state index contributed by atoms with van der Waals surface area (Å²) in [5.41, 5.74) is 8.93. The first-order valence-electron chi connectivity index (χ1n) is 7.15. The molecule has 6 heteroatoms. The van der Waals surface area contributed by atoms with Crippen molar-refractivity contribution in [3.63, 3.8) is 0 Å². The van der Waals surface area contributed by atoms with Crippen molar-refractivity contribution in [1.82, 2.24) is 15.1 Å². The van der Waals surface area contributed by atoms with Gasteiger partial charge in [0.15, 0.2) is 0 Å². The Balaban J connectivity index is 1.80. The van der Waals surface area contributed by atoms with Crippen LogP contribution in [0.2, 0.25) is 0 Å². The smallest absolute Gasteiger partial charge is 0.249 e. The average molecular weight is 280 g/mol. The molecule has 0 bridgehead atoms. The van der Waals surface area contributed by atoms with Crippen molar-refractivity contribution >= 4 is 5.91 Å². The summed E-state index contributed by atoms with van der Waals surface area (Å²) in [5.74, 6) is -0.0276. The van der Waals surface area contributed by atoms with E-state index in [-0.39, 0.29) is 18.1 Å². The fourth-order valence-corrected chi connectivity index (χ4v) is 2.68. The van der Waals surface area contributed by atoms with Gasteiger partial charge >= 0.3 is 0 Å². The van der Waals surface area contributed by atoms with Gasteiger partial charge in [-0.05, 0) is 38.7 Å². The topological polar surface area (TPSA) is 82.2 Å². The second-order valence-electron chi connectivity index (χ2n) is 5.37. The fourth-order valence-electron chi connectivity index (χ4n) is 2.68. The standard InChI is InChI=1S/C14H24N4O2/c1-9-12(10(2)18(3)17-9)6-7-16-14(19)13-5-4-11(8-15)20-13/h11,13H,4-8,15H2,1-3H3,(H,16,19)/t11-,13+/m1/s1. The number of aromatic nitrogens is 2. The van der Waals surface area contributed by atoms with Gasteiger partial charge in [-0.2, -0.15) is 5.10 Å². The summed E-state index contributed by atoms with van der Waals surface area (Å²) >= 11 is 0. The van der Waals surface area contributed by atoms with E-state index in [1.54, 1.807) is 0 Å². The van der Waals surface area contributed by atoms with E-state index in [0.717, 1.165) is 30.7 Å². The Bertz CT molecular complexity index is 484. The van der Waals surface area contributed by atoms with Crippen LogP contribution in [0.5, 0.6) is 0 Å². The first-order chi connectivity index (χ1) is 9.52. The molecular weight excluding hydrogens is 256 g/mol. The third kappa shape index (κ3) is 3.19.